The number of amides is 2. The summed E-state index contributed by atoms with van der Waals surface area (Å²) in [6.45, 7) is 1.19. The van der Waals surface area contributed by atoms with Crippen LogP contribution in [0.2, 0.25) is 0 Å². The molecule has 5 nitrogen and oxygen atoms in total. The summed E-state index contributed by atoms with van der Waals surface area (Å²) < 4.78 is 14.4. The van der Waals surface area contributed by atoms with Crippen molar-refractivity contribution < 1.29 is 18.8 Å². The second-order valence-electron chi connectivity index (χ2n) is 5.74. The molecule has 0 bridgehead atoms. The Morgan fingerprint density at radius 2 is 1.82 bits per heavy atom. The zero-order valence-corrected chi connectivity index (χ0v) is 12.1. The summed E-state index contributed by atoms with van der Waals surface area (Å²) in [6.07, 6.45) is 1.53. The van der Waals surface area contributed by atoms with Gasteiger partial charge in [-0.2, -0.15) is 0 Å². The zero-order chi connectivity index (χ0) is 15.7. The largest absolute Gasteiger partial charge is 0.371 e. The van der Waals surface area contributed by atoms with Gasteiger partial charge in [0.25, 0.3) is 0 Å². The SMILES string of the molecule is O=C1CCN(c2ccc(C3CCC(=O)NC3=O)c(F)c2)CC1. The van der Waals surface area contributed by atoms with Crippen LogP contribution in [-0.2, 0) is 14.4 Å². The van der Waals surface area contributed by atoms with Crippen molar-refractivity contribution in [2.24, 2.45) is 0 Å². The number of hydrogen-bond acceptors (Lipinski definition) is 4. The lowest BCUT2D eigenvalue weighted by Crippen LogP contribution is -2.39. The molecule has 0 saturated carbocycles. The normalized spacial score (nSPS) is 22.7. The van der Waals surface area contributed by atoms with Gasteiger partial charge in [0.2, 0.25) is 11.8 Å². The van der Waals surface area contributed by atoms with Crippen molar-refractivity contribution in [2.75, 3.05) is 18.0 Å². The average Bonchev–Trinajstić information content (AvgIpc) is 2.49. The van der Waals surface area contributed by atoms with Crippen LogP contribution in [0.1, 0.15) is 37.2 Å². The molecule has 1 atom stereocenters. The van der Waals surface area contributed by atoms with E-state index in [1.807, 2.05) is 4.90 Å². The quantitative estimate of drug-likeness (QED) is 0.841. The molecule has 1 aromatic carbocycles. The second-order valence-corrected chi connectivity index (χ2v) is 5.74. The third-order valence-corrected chi connectivity index (χ3v) is 4.28. The van der Waals surface area contributed by atoms with Crippen molar-refractivity contribution in [1.29, 1.82) is 0 Å². The van der Waals surface area contributed by atoms with Crippen LogP contribution < -0.4 is 10.2 Å². The molecule has 0 spiro atoms. The van der Waals surface area contributed by atoms with E-state index < -0.39 is 17.6 Å². The highest BCUT2D eigenvalue weighted by atomic mass is 19.1. The summed E-state index contributed by atoms with van der Waals surface area (Å²) in [6, 6.07) is 4.80. The molecule has 1 aromatic rings. The van der Waals surface area contributed by atoms with Crippen LogP contribution >= 0.6 is 0 Å². The first-order chi connectivity index (χ1) is 10.5. The summed E-state index contributed by atoms with van der Waals surface area (Å²) in [5, 5.41) is 2.25. The fourth-order valence-corrected chi connectivity index (χ4v) is 3.00. The van der Waals surface area contributed by atoms with Crippen molar-refractivity contribution in [2.45, 2.75) is 31.6 Å². The Kier molecular flexibility index (Phi) is 3.92. The Morgan fingerprint density at radius 1 is 1.09 bits per heavy atom. The molecule has 6 heteroatoms. The second kappa shape index (κ2) is 5.87. The molecule has 2 fully saturated rings. The first-order valence-corrected chi connectivity index (χ1v) is 7.44. The molecule has 2 aliphatic rings. The van der Waals surface area contributed by atoms with E-state index in [1.54, 1.807) is 12.1 Å². The predicted molar refractivity (Wildman–Crippen MR) is 78.0 cm³/mol. The number of hydrogen-bond donors (Lipinski definition) is 1. The Balaban J connectivity index is 1.79. The van der Waals surface area contributed by atoms with Gasteiger partial charge in [-0.1, -0.05) is 6.07 Å². The first kappa shape index (κ1) is 14.7. The maximum absolute atomic E-state index is 14.4. The van der Waals surface area contributed by atoms with Crippen molar-refractivity contribution in [3.63, 3.8) is 0 Å². The lowest BCUT2D eigenvalue weighted by molar-refractivity contribution is -0.134. The van der Waals surface area contributed by atoms with Gasteiger partial charge in [-0.15, -0.1) is 0 Å². The molecular formula is C16H17FN2O3. The van der Waals surface area contributed by atoms with E-state index in [0.29, 0.717) is 37.9 Å². The first-order valence-electron chi connectivity index (χ1n) is 7.44. The van der Waals surface area contributed by atoms with Gasteiger partial charge in [0.1, 0.15) is 11.6 Å². The van der Waals surface area contributed by atoms with Gasteiger partial charge in [-0.05, 0) is 18.6 Å². The molecule has 2 saturated heterocycles. The van der Waals surface area contributed by atoms with Crippen molar-refractivity contribution in [1.82, 2.24) is 5.32 Å². The number of Topliss-reactive ketones (excluding diaryl/α,β-unsaturated/α-hetero) is 1. The number of imide groups is 1. The van der Waals surface area contributed by atoms with Crippen LogP contribution in [0.3, 0.4) is 0 Å². The lowest BCUT2D eigenvalue weighted by atomic mass is 9.90. The Labute approximate surface area is 127 Å². The number of nitrogens with zero attached hydrogens (tertiary/aromatic N) is 1. The lowest BCUT2D eigenvalue weighted by Gasteiger charge is -2.29. The number of carbonyl (C=O) groups is 3. The smallest absolute Gasteiger partial charge is 0.234 e. The Hall–Kier alpha value is -2.24. The molecular weight excluding hydrogens is 287 g/mol. The molecule has 1 unspecified atom stereocenters. The fraction of sp³-hybridized carbons (Fsp3) is 0.438. The number of anilines is 1. The number of nitrogens with one attached hydrogen (secondary N) is 1. The van der Waals surface area contributed by atoms with E-state index in [-0.39, 0.29) is 18.1 Å². The van der Waals surface area contributed by atoms with Crippen molar-refractivity contribution in [3.8, 4) is 0 Å². The molecule has 116 valence electrons. The summed E-state index contributed by atoms with van der Waals surface area (Å²) in [5.74, 6) is -1.57. The topological polar surface area (TPSA) is 66.5 Å². The molecule has 22 heavy (non-hydrogen) atoms. The van der Waals surface area contributed by atoms with E-state index in [1.165, 1.54) is 6.07 Å². The highest BCUT2D eigenvalue weighted by Crippen LogP contribution is 2.30. The van der Waals surface area contributed by atoms with Gasteiger partial charge in [-0.3, -0.25) is 19.7 Å². The van der Waals surface area contributed by atoms with E-state index in [9.17, 15) is 18.8 Å². The average molecular weight is 304 g/mol. The maximum Gasteiger partial charge on any atom is 0.234 e. The van der Waals surface area contributed by atoms with E-state index in [2.05, 4.69) is 5.32 Å². The molecule has 0 radical (unpaired) electrons. The number of piperidine rings is 2. The van der Waals surface area contributed by atoms with Gasteiger partial charge in [0.05, 0.1) is 5.92 Å². The number of carbonyl (C=O) groups excluding carboxylic acids is 3. The van der Waals surface area contributed by atoms with E-state index in [4.69, 9.17) is 0 Å². The standard InChI is InChI=1S/C16H17FN2O3/c17-14-9-10(19-7-5-11(20)6-8-19)1-2-12(14)13-3-4-15(21)18-16(13)22/h1-2,9,13H,3-8H2,(H,18,21,22). The van der Waals surface area contributed by atoms with E-state index in [0.717, 1.165) is 5.69 Å². The van der Waals surface area contributed by atoms with Gasteiger partial charge in [0.15, 0.2) is 0 Å². The van der Waals surface area contributed by atoms with Gasteiger partial charge in [0, 0.05) is 43.6 Å². The molecule has 2 heterocycles. The Bertz CT molecular complexity index is 634. The molecule has 2 aliphatic heterocycles. The number of rotatable bonds is 2. The highest BCUT2D eigenvalue weighted by Gasteiger charge is 2.30. The van der Waals surface area contributed by atoms with Gasteiger partial charge >= 0.3 is 0 Å². The minimum absolute atomic E-state index is 0.228. The fourth-order valence-electron chi connectivity index (χ4n) is 3.00. The molecule has 3 rings (SSSR count). The van der Waals surface area contributed by atoms with Gasteiger partial charge < -0.3 is 4.90 Å². The van der Waals surface area contributed by atoms with Crippen LogP contribution in [0.5, 0.6) is 0 Å². The minimum atomic E-state index is -0.616. The Morgan fingerprint density at radius 3 is 2.45 bits per heavy atom. The van der Waals surface area contributed by atoms with Crippen LogP contribution in [0.4, 0.5) is 10.1 Å². The van der Waals surface area contributed by atoms with Crippen LogP contribution in [-0.4, -0.2) is 30.7 Å². The molecule has 1 N–H and O–H groups in total. The number of halogens is 1. The number of ketones is 1. The molecule has 0 aromatic heterocycles. The third kappa shape index (κ3) is 2.86. The van der Waals surface area contributed by atoms with Crippen LogP contribution in [0.25, 0.3) is 0 Å². The molecule has 0 aliphatic carbocycles. The van der Waals surface area contributed by atoms with Crippen LogP contribution in [0, 0.1) is 5.82 Å². The summed E-state index contributed by atoms with van der Waals surface area (Å²) in [5.41, 5.74) is 1.04. The predicted octanol–water partition coefficient (Wildman–Crippen LogP) is 1.52. The number of benzene rings is 1. The van der Waals surface area contributed by atoms with Crippen molar-refractivity contribution in [3.05, 3.63) is 29.6 Å². The van der Waals surface area contributed by atoms with Crippen molar-refractivity contribution >= 4 is 23.3 Å². The summed E-state index contributed by atoms with van der Waals surface area (Å²) >= 11 is 0. The summed E-state index contributed by atoms with van der Waals surface area (Å²) in [4.78, 5) is 36.2. The summed E-state index contributed by atoms with van der Waals surface area (Å²) in [7, 11) is 0. The van der Waals surface area contributed by atoms with E-state index >= 15 is 0 Å². The zero-order valence-electron chi connectivity index (χ0n) is 12.1. The highest BCUT2D eigenvalue weighted by molar-refractivity contribution is 6.01. The monoisotopic (exact) mass is 304 g/mol. The third-order valence-electron chi connectivity index (χ3n) is 4.28. The minimum Gasteiger partial charge on any atom is -0.371 e. The van der Waals surface area contributed by atoms with Gasteiger partial charge in [-0.25, -0.2) is 4.39 Å². The van der Waals surface area contributed by atoms with Crippen LogP contribution in [0.15, 0.2) is 18.2 Å². The molecule has 2 amide bonds. The maximum atomic E-state index is 14.4.